The molecule has 0 aromatic carbocycles. The molecule has 2 N–H and O–H groups in total. The van der Waals surface area contributed by atoms with Crippen molar-refractivity contribution in [2.24, 2.45) is 0 Å². The Morgan fingerprint density at radius 3 is 2.50 bits per heavy atom. The monoisotopic (exact) mass is 443 g/mol. The van der Waals surface area contributed by atoms with Gasteiger partial charge in [-0.3, -0.25) is 10.00 Å². The number of hydrogen-bond acceptors (Lipinski definition) is 7. The van der Waals surface area contributed by atoms with E-state index in [9.17, 15) is 0 Å². The molecule has 2 aromatic rings. The standard InChI is InChI=1S/C23H34FN7O/c1-15(2)20-26-21(25-18-12-17(28-29-18)16-6-4-5-7-16)19(24)22(27-20)30-8-10-31(11-9-30)23(3)13-32-14-23/h12,15-16H,4-11,13-14H2,1-3H3,(H2,25,26,27,28,29). The zero-order valence-corrected chi connectivity index (χ0v) is 19.3. The van der Waals surface area contributed by atoms with E-state index in [2.05, 4.69) is 37.3 Å². The van der Waals surface area contributed by atoms with Crippen LogP contribution in [0.2, 0.25) is 0 Å². The van der Waals surface area contributed by atoms with Gasteiger partial charge in [-0.2, -0.15) is 9.49 Å². The van der Waals surface area contributed by atoms with E-state index >= 15 is 4.39 Å². The van der Waals surface area contributed by atoms with Gasteiger partial charge in [0.1, 0.15) is 5.82 Å². The van der Waals surface area contributed by atoms with E-state index < -0.39 is 5.82 Å². The number of halogens is 1. The smallest absolute Gasteiger partial charge is 0.208 e. The second kappa shape index (κ2) is 8.59. The van der Waals surface area contributed by atoms with Crippen molar-refractivity contribution in [2.45, 2.75) is 63.8 Å². The molecule has 2 saturated heterocycles. The molecule has 2 aliphatic heterocycles. The van der Waals surface area contributed by atoms with Gasteiger partial charge in [0.2, 0.25) is 5.82 Å². The molecule has 0 amide bonds. The quantitative estimate of drug-likeness (QED) is 0.703. The van der Waals surface area contributed by atoms with Crippen LogP contribution in [0.1, 0.15) is 69.8 Å². The van der Waals surface area contributed by atoms with Gasteiger partial charge in [0.05, 0.1) is 18.8 Å². The van der Waals surface area contributed by atoms with Crippen LogP contribution in [0.4, 0.5) is 21.8 Å². The van der Waals surface area contributed by atoms with E-state index in [0.29, 0.717) is 23.4 Å². The number of anilines is 3. The lowest BCUT2D eigenvalue weighted by molar-refractivity contribution is -0.131. The molecule has 0 radical (unpaired) electrons. The van der Waals surface area contributed by atoms with Gasteiger partial charge in [0.25, 0.3) is 0 Å². The maximum absolute atomic E-state index is 15.6. The Balaban J connectivity index is 1.35. The van der Waals surface area contributed by atoms with E-state index in [0.717, 1.165) is 45.1 Å². The highest BCUT2D eigenvalue weighted by atomic mass is 19.1. The fraction of sp³-hybridized carbons (Fsp3) is 0.696. The number of ether oxygens (including phenoxy) is 1. The van der Waals surface area contributed by atoms with Crippen LogP contribution in [-0.2, 0) is 4.74 Å². The van der Waals surface area contributed by atoms with Crippen molar-refractivity contribution in [3.8, 4) is 0 Å². The Hall–Kier alpha value is -2.26. The van der Waals surface area contributed by atoms with Crippen LogP contribution in [0, 0.1) is 5.82 Å². The van der Waals surface area contributed by atoms with Crippen LogP contribution in [0.15, 0.2) is 6.07 Å². The lowest BCUT2D eigenvalue weighted by Crippen LogP contribution is -2.64. The van der Waals surface area contributed by atoms with Gasteiger partial charge in [-0.15, -0.1) is 0 Å². The Morgan fingerprint density at radius 2 is 1.88 bits per heavy atom. The number of rotatable bonds is 6. The topological polar surface area (TPSA) is 82.2 Å². The van der Waals surface area contributed by atoms with Crippen molar-refractivity contribution < 1.29 is 9.13 Å². The second-order valence-electron chi connectivity index (χ2n) is 10.0. The molecular formula is C23H34FN7O. The molecule has 32 heavy (non-hydrogen) atoms. The molecule has 0 atom stereocenters. The highest BCUT2D eigenvalue weighted by Crippen LogP contribution is 2.35. The molecule has 2 aromatic heterocycles. The summed E-state index contributed by atoms with van der Waals surface area (Å²) in [7, 11) is 0. The molecule has 4 heterocycles. The minimum Gasteiger partial charge on any atom is -0.377 e. The number of aromatic amines is 1. The summed E-state index contributed by atoms with van der Waals surface area (Å²) in [6.07, 6.45) is 4.88. The van der Waals surface area contributed by atoms with Crippen LogP contribution in [0.5, 0.6) is 0 Å². The number of nitrogens with zero attached hydrogens (tertiary/aromatic N) is 5. The first-order chi connectivity index (χ1) is 15.4. The predicted octanol–water partition coefficient (Wildman–Crippen LogP) is 3.77. The van der Waals surface area contributed by atoms with Gasteiger partial charge < -0.3 is 15.0 Å². The van der Waals surface area contributed by atoms with Crippen LogP contribution in [-0.4, -0.2) is 70.0 Å². The van der Waals surface area contributed by atoms with Crippen LogP contribution in [0.25, 0.3) is 0 Å². The summed E-state index contributed by atoms with van der Waals surface area (Å²) < 4.78 is 21.0. The fourth-order valence-corrected chi connectivity index (χ4v) is 5.01. The number of aromatic nitrogens is 4. The van der Waals surface area contributed by atoms with Gasteiger partial charge >= 0.3 is 0 Å². The Morgan fingerprint density at radius 1 is 1.16 bits per heavy atom. The maximum Gasteiger partial charge on any atom is 0.208 e. The molecule has 5 rings (SSSR count). The highest BCUT2D eigenvalue weighted by Gasteiger charge is 2.41. The molecule has 0 spiro atoms. The van der Waals surface area contributed by atoms with Crippen molar-refractivity contribution in [3.05, 3.63) is 23.4 Å². The third kappa shape index (κ3) is 4.08. The average Bonchev–Trinajstić information content (AvgIpc) is 3.45. The molecule has 8 nitrogen and oxygen atoms in total. The second-order valence-corrected chi connectivity index (χ2v) is 10.0. The zero-order chi connectivity index (χ0) is 22.3. The number of H-pyrrole nitrogens is 1. The largest absolute Gasteiger partial charge is 0.377 e. The predicted molar refractivity (Wildman–Crippen MR) is 122 cm³/mol. The van der Waals surface area contributed by atoms with Crippen LogP contribution in [0.3, 0.4) is 0 Å². The minimum atomic E-state index is -0.411. The molecule has 3 fully saturated rings. The first kappa shape index (κ1) is 21.6. The van der Waals surface area contributed by atoms with Gasteiger partial charge in [-0.05, 0) is 19.8 Å². The third-order valence-corrected chi connectivity index (χ3v) is 7.18. The zero-order valence-electron chi connectivity index (χ0n) is 19.3. The van der Waals surface area contributed by atoms with Crippen molar-refractivity contribution in [1.29, 1.82) is 0 Å². The Kier molecular flexibility index (Phi) is 5.79. The summed E-state index contributed by atoms with van der Waals surface area (Å²) >= 11 is 0. The molecule has 3 aliphatic rings. The van der Waals surface area contributed by atoms with Crippen molar-refractivity contribution in [3.63, 3.8) is 0 Å². The molecule has 1 aliphatic carbocycles. The normalized spacial score (nSPS) is 21.8. The van der Waals surface area contributed by atoms with Gasteiger partial charge in [-0.25, -0.2) is 9.97 Å². The first-order valence-corrected chi connectivity index (χ1v) is 11.9. The van der Waals surface area contributed by atoms with Crippen molar-refractivity contribution in [2.75, 3.05) is 49.6 Å². The lowest BCUT2D eigenvalue weighted by Gasteiger charge is -2.50. The summed E-state index contributed by atoms with van der Waals surface area (Å²) in [6.45, 7) is 11.0. The summed E-state index contributed by atoms with van der Waals surface area (Å²) in [5.41, 5.74) is 1.23. The number of hydrogen-bond donors (Lipinski definition) is 2. The van der Waals surface area contributed by atoms with Crippen LogP contribution >= 0.6 is 0 Å². The summed E-state index contributed by atoms with van der Waals surface area (Å²) in [4.78, 5) is 13.6. The summed E-state index contributed by atoms with van der Waals surface area (Å²) in [6, 6.07) is 1.99. The Bertz CT molecular complexity index is 944. The molecule has 1 saturated carbocycles. The molecule has 0 bridgehead atoms. The maximum atomic E-state index is 15.6. The fourth-order valence-electron chi connectivity index (χ4n) is 5.01. The minimum absolute atomic E-state index is 0.0930. The number of piperazine rings is 1. The van der Waals surface area contributed by atoms with E-state index in [-0.39, 0.29) is 17.3 Å². The van der Waals surface area contributed by atoms with E-state index in [1.807, 2.05) is 24.8 Å². The summed E-state index contributed by atoms with van der Waals surface area (Å²) in [5, 5.41) is 10.6. The lowest BCUT2D eigenvalue weighted by atomic mass is 9.97. The number of nitrogens with one attached hydrogen (secondary N) is 2. The van der Waals surface area contributed by atoms with Crippen molar-refractivity contribution in [1.82, 2.24) is 25.1 Å². The van der Waals surface area contributed by atoms with Gasteiger partial charge in [0.15, 0.2) is 17.5 Å². The Labute approximate surface area is 188 Å². The molecule has 9 heteroatoms. The highest BCUT2D eigenvalue weighted by molar-refractivity contribution is 5.59. The summed E-state index contributed by atoms with van der Waals surface area (Å²) in [5.74, 6) is 2.03. The van der Waals surface area contributed by atoms with E-state index in [4.69, 9.17) is 4.74 Å². The third-order valence-electron chi connectivity index (χ3n) is 7.18. The SMILES string of the molecule is CC(C)c1nc(Nc2cc(C3CCCC3)[nH]n2)c(F)c(N2CCN(C3(C)COC3)CC2)n1. The van der Waals surface area contributed by atoms with Gasteiger partial charge in [0, 0.05) is 49.8 Å². The van der Waals surface area contributed by atoms with Crippen LogP contribution < -0.4 is 10.2 Å². The first-order valence-electron chi connectivity index (χ1n) is 11.9. The van der Waals surface area contributed by atoms with E-state index in [1.54, 1.807) is 0 Å². The molecule has 0 unspecified atom stereocenters. The van der Waals surface area contributed by atoms with Gasteiger partial charge in [-0.1, -0.05) is 26.7 Å². The van der Waals surface area contributed by atoms with Crippen molar-refractivity contribution >= 4 is 17.5 Å². The molecule has 174 valence electrons. The average molecular weight is 444 g/mol. The molecular weight excluding hydrogens is 409 g/mol. The van der Waals surface area contributed by atoms with E-state index in [1.165, 1.54) is 25.7 Å².